The molecule has 0 aromatic heterocycles. The molecule has 0 aromatic carbocycles. The first-order valence-corrected chi connectivity index (χ1v) is 5.53. The van der Waals surface area contributed by atoms with Crippen LogP contribution in [0.15, 0.2) is 0 Å². The summed E-state index contributed by atoms with van der Waals surface area (Å²) < 4.78 is 5.34. The van der Waals surface area contributed by atoms with Crippen molar-refractivity contribution >= 4 is 0 Å². The van der Waals surface area contributed by atoms with Gasteiger partial charge >= 0.3 is 0 Å². The minimum absolute atomic E-state index is 0.447. The summed E-state index contributed by atoms with van der Waals surface area (Å²) in [4.78, 5) is 0. The van der Waals surface area contributed by atoms with Crippen LogP contribution >= 0.6 is 0 Å². The van der Waals surface area contributed by atoms with E-state index in [1.165, 1.54) is 32.1 Å². The number of rotatable bonds is 5. The average molecular weight is 185 g/mol. The largest absolute Gasteiger partial charge is 0.384 e. The lowest BCUT2D eigenvalue weighted by molar-refractivity contribution is 0.0488. The molecule has 0 aliphatic heterocycles. The molecular formula is C11H23NO. The van der Waals surface area contributed by atoms with E-state index in [0.29, 0.717) is 5.41 Å². The Bertz CT molecular complexity index is 125. The Morgan fingerprint density at radius 1 is 1.23 bits per heavy atom. The third kappa shape index (κ3) is 3.28. The topological polar surface area (TPSA) is 21.3 Å². The van der Waals surface area contributed by atoms with Crippen LogP contribution in [-0.2, 0) is 4.74 Å². The molecule has 0 radical (unpaired) electrons. The molecule has 0 amide bonds. The van der Waals surface area contributed by atoms with E-state index in [0.717, 1.165) is 19.7 Å². The highest BCUT2D eigenvalue weighted by molar-refractivity contribution is 4.84. The maximum Gasteiger partial charge on any atom is 0.0530 e. The van der Waals surface area contributed by atoms with Crippen molar-refractivity contribution in [2.45, 2.75) is 39.0 Å². The van der Waals surface area contributed by atoms with Gasteiger partial charge in [0.05, 0.1) is 6.61 Å². The lowest BCUT2D eigenvalue weighted by atomic mass is 9.74. The molecule has 0 bridgehead atoms. The Balaban J connectivity index is 2.40. The maximum absolute atomic E-state index is 5.34. The van der Waals surface area contributed by atoms with Gasteiger partial charge in [-0.2, -0.15) is 0 Å². The summed E-state index contributed by atoms with van der Waals surface area (Å²) in [5.74, 6) is 0. The van der Waals surface area contributed by atoms with Crippen molar-refractivity contribution in [3.05, 3.63) is 0 Å². The molecule has 0 spiro atoms. The fourth-order valence-corrected chi connectivity index (χ4v) is 2.37. The Morgan fingerprint density at radius 3 is 2.46 bits per heavy atom. The number of ether oxygens (including phenoxy) is 1. The molecule has 1 aliphatic rings. The van der Waals surface area contributed by atoms with Gasteiger partial charge in [0.1, 0.15) is 0 Å². The first-order valence-electron chi connectivity index (χ1n) is 5.53. The SMILES string of the molecule is CCNCC1(COC)CCCCC1. The van der Waals surface area contributed by atoms with Crippen LogP contribution in [0.4, 0.5) is 0 Å². The van der Waals surface area contributed by atoms with Gasteiger partial charge < -0.3 is 10.1 Å². The first-order chi connectivity index (χ1) is 6.33. The minimum atomic E-state index is 0.447. The van der Waals surface area contributed by atoms with Gasteiger partial charge in [0, 0.05) is 19.1 Å². The van der Waals surface area contributed by atoms with Gasteiger partial charge in [-0.25, -0.2) is 0 Å². The zero-order valence-electron chi connectivity index (χ0n) is 9.07. The molecule has 0 aromatic rings. The zero-order chi connectivity index (χ0) is 9.57. The van der Waals surface area contributed by atoms with Crippen molar-refractivity contribution in [3.63, 3.8) is 0 Å². The van der Waals surface area contributed by atoms with Gasteiger partial charge in [-0.1, -0.05) is 26.2 Å². The third-order valence-electron chi connectivity index (χ3n) is 3.11. The maximum atomic E-state index is 5.34. The van der Waals surface area contributed by atoms with Crippen LogP contribution < -0.4 is 5.32 Å². The number of hydrogen-bond donors (Lipinski definition) is 1. The molecule has 0 unspecified atom stereocenters. The third-order valence-corrected chi connectivity index (χ3v) is 3.11. The number of nitrogens with one attached hydrogen (secondary N) is 1. The molecule has 1 rings (SSSR count). The molecular weight excluding hydrogens is 162 g/mol. The minimum Gasteiger partial charge on any atom is -0.384 e. The van der Waals surface area contributed by atoms with E-state index in [9.17, 15) is 0 Å². The molecule has 2 nitrogen and oxygen atoms in total. The molecule has 1 saturated carbocycles. The second kappa shape index (κ2) is 5.61. The smallest absolute Gasteiger partial charge is 0.0530 e. The van der Waals surface area contributed by atoms with Gasteiger partial charge in [-0.05, 0) is 19.4 Å². The van der Waals surface area contributed by atoms with Crippen LogP contribution in [0.5, 0.6) is 0 Å². The zero-order valence-corrected chi connectivity index (χ0v) is 9.07. The van der Waals surface area contributed by atoms with E-state index in [1.54, 1.807) is 0 Å². The Hall–Kier alpha value is -0.0800. The van der Waals surface area contributed by atoms with E-state index in [-0.39, 0.29) is 0 Å². The summed E-state index contributed by atoms with van der Waals surface area (Å²) in [5, 5.41) is 3.46. The summed E-state index contributed by atoms with van der Waals surface area (Å²) in [6.45, 7) is 5.31. The predicted molar refractivity (Wildman–Crippen MR) is 55.9 cm³/mol. The van der Waals surface area contributed by atoms with Crippen LogP contribution in [0.1, 0.15) is 39.0 Å². The van der Waals surface area contributed by atoms with E-state index >= 15 is 0 Å². The fraction of sp³-hybridized carbons (Fsp3) is 1.00. The van der Waals surface area contributed by atoms with Crippen LogP contribution in [0.3, 0.4) is 0 Å². The number of methoxy groups -OCH3 is 1. The summed E-state index contributed by atoms with van der Waals surface area (Å²) >= 11 is 0. The van der Waals surface area contributed by atoms with Crippen molar-refractivity contribution < 1.29 is 4.74 Å². The van der Waals surface area contributed by atoms with Crippen LogP contribution in [-0.4, -0.2) is 26.8 Å². The van der Waals surface area contributed by atoms with Crippen molar-refractivity contribution in [2.24, 2.45) is 5.41 Å². The standard InChI is InChI=1S/C11H23NO/c1-3-12-9-11(10-13-2)7-5-4-6-8-11/h12H,3-10H2,1-2H3. The molecule has 1 N–H and O–H groups in total. The quantitative estimate of drug-likeness (QED) is 0.709. The van der Waals surface area contributed by atoms with Crippen molar-refractivity contribution in [1.82, 2.24) is 5.32 Å². The van der Waals surface area contributed by atoms with E-state index < -0.39 is 0 Å². The predicted octanol–water partition coefficient (Wildman–Crippen LogP) is 2.19. The highest BCUT2D eigenvalue weighted by Crippen LogP contribution is 2.35. The highest BCUT2D eigenvalue weighted by Gasteiger charge is 2.31. The van der Waals surface area contributed by atoms with Crippen molar-refractivity contribution in [2.75, 3.05) is 26.8 Å². The van der Waals surface area contributed by atoms with Crippen molar-refractivity contribution in [1.29, 1.82) is 0 Å². The summed E-state index contributed by atoms with van der Waals surface area (Å²) in [7, 11) is 1.82. The number of hydrogen-bond acceptors (Lipinski definition) is 2. The molecule has 2 heteroatoms. The van der Waals surface area contributed by atoms with Crippen LogP contribution in [0.25, 0.3) is 0 Å². The average Bonchev–Trinajstić information content (AvgIpc) is 2.17. The summed E-state index contributed by atoms with van der Waals surface area (Å²) in [6, 6.07) is 0. The summed E-state index contributed by atoms with van der Waals surface area (Å²) in [6.07, 6.45) is 6.86. The Kier molecular flexibility index (Phi) is 4.74. The molecule has 0 heterocycles. The van der Waals surface area contributed by atoms with E-state index in [2.05, 4.69) is 12.2 Å². The molecule has 0 atom stereocenters. The monoisotopic (exact) mass is 185 g/mol. The molecule has 0 saturated heterocycles. The second-order valence-corrected chi connectivity index (χ2v) is 4.27. The van der Waals surface area contributed by atoms with Gasteiger partial charge in [0.2, 0.25) is 0 Å². The fourth-order valence-electron chi connectivity index (χ4n) is 2.37. The normalized spacial score (nSPS) is 21.7. The lowest BCUT2D eigenvalue weighted by Gasteiger charge is -2.36. The van der Waals surface area contributed by atoms with Gasteiger partial charge in [0.25, 0.3) is 0 Å². The van der Waals surface area contributed by atoms with Gasteiger partial charge in [-0.3, -0.25) is 0 Å². The lowest BCUT2D eigenvalue weighted by Crippen LogP contribution is -2.39. The molecule has 1 aliphatic carbocycles. The van der Waals surface area contributed by atoms with Crippen LogP contribution in [0, 0.1) is 5.41 Å². The Labute approximate surface area is 82.0 Å². The Morgan fingerprint density at radius 2 is 1.92 bits per heavy atom. The van der Waals surface area contributed by atoms with Crippen molar-refractivity contribution in [3.8, 4) is 0 Å². The molecule has 1 fully saturated rings. The van der Waals surface area contributed by atoms with Gasteiger partial charge in [0.15, 0.2) is 0 Å². The molecule has 13 heavy (non-hydrogen) atoms. The first kappa shape index (κ1) is 11.0. The molecule has 78 valence electrons. The van der Waals surface area contributed by atoms with E-state index in [4.69, 9.17) is 4.74 Å². The summed E-state index contributed by atoms with van der Waals surface area (Å²) in [5.41, 5.74) is 0.447. The highest BCUT2D eigenvalue weighted by atomic mass is 16.5. The van der Waals surface area contributed by atoms with Gasteiger partial charge in [-0.15, -0.1) is 0 Å². The second-order valence-electron chi connectivity index (χ2n) is 4.27. The van der Waals surface area contributed by atoms with E-state index in [1.807, 2.05) is 7.11 Å². The van der Waals surface area contributed by atoms with Crippen LogP contribution in [0.2, 0.25) is 0 Å².